The summed E-state index contributed by atoms with van der Waals surface area (Å²) < 4.78 is 5.82. The van der Waals surface area contributed by atoms with E-state index in [2.05, 4.69) is 36.0 Å². The zero-order valence-corrected chi connectivity index (χ0v) is 13.0. The molecular formula is C18H24N2O. The van der Waals surface area contributed by atoms with E-state index < -0.39 is 0 Å². The largest absolute Gasteiger partial charge is 0.487 e. The molecule has 1 heterocycles. The van der Waals surface area contributed by atoms with Crippen molar-refractivity contribution in [2.45, 2.75) is 32.8 Å². The third-order valence-corrected chi connectivity index (χ3v) is 3.47. The van der Waals surface area contributed by atoms with Crippen LogP contribution in [0, 0.1) is 0 Å². The highest BCUT2D eigenvalue weighted by atomic mass is 16.5. The molecule has 0 atom stereocenters. The molecule has 2 rings (SSSR count). The number of rotatable bonds is 8. The molecule has 0 unspecified atom stereocenters. The van der Waals surface area contributed by atoms with Crippen molar-refractivity contribution in [3.63, 3.8) is 0 Å². The lowest BCUT2D eigenvalue weighted by atomic mass is 10.2. The van der Waals surface area contributed by atoms with E-state index in [1.165, 1.54) is 24.9 Å². The second-order valence-electron chi connectivity index (χ2n) is 5.24. The maximum absolute atomic E-state index is 5.82. The van der Waals surface area contributed by atoms with Gasteiger partial charge in [-0.3, -0.25) is 4.98 Å². The van der Waals surface area contributed by atoms with Gasteiger partial charge in [0.1, 0.15) is 12.4 Å². The SMILES string of the molecule is CCCCCN(C)c1cccc(OCc2ccccn2)c1. The molecule has 21 heavy (non-hydrogen) atoms. The van der Waals surface area contributed by atoms with E-state index in [0.29, 0.717) is 6.61 Å². The zero-order chi connectivity index (χ0) is 14.9. The molecule has 0 spiro atoms. The van der Waals surface area contributed by atoms with E-state index in [1.807, 2.05) is 30.3 Å². The van der Waals surface area contributed by atoms with Crippen LogP contribution in [0.4, 0.5) is 5.69 Å². The van der Waals surface area contributed by atoms with Gasteiger partial charge >= 0.3 is 0 Å². The van der Waals surface area contributed by atoms with Crippen molar-refractivity contribution < 1.29 is 4.74 Å². The second-order valence-corrected chi connectivity index (χ2v) is 5.24. The number of aromatic nitrogens is 1. The third kappa shape index (κ3) is 5.10. The van der Waals surface area contributed by atoms with Gasteiger partial charge in [-0.25, -0.2) is 0 Å². The predicted octanol–water partition coefficient (Wildman–Crippen LogP) is 4.29. The summed E-state index contributed by atoms with van der Waals surface area (Å²) in [5, 5.41) is 0. The van der Waals surface area contributed by atoms with Gasteiger partial charge in [-0.2, -0.15) is 0 Å². The number of hydrogen-bond donors (Lipinski definition) is 0. The first-order chi connectivity index (χ1) is 10.3. The maximum atomic E-state index is 5.82. The van der Waals surface area contributed by atoms with E-state index in [4.69, 9.17) is 4.74 Å². The predicted molar refractivity (Wildman–Crippen MR) is 87.8 cm³/mol. The number of anilines is 1. The summed E-state index contributed by atoms with van der Waals surface area (Å²) in [7, 11) is 2.13. The Kier molecular flexibility index (Phi) is 6.07. The van der Waals surface area contributed by atoms with Crippen LogP contribution in [0.25, 0.3) is 0 Å². The summed E-state index contributed by atoms with van der Waals surface area (Å²) in [6.07, 6.45) is 5.55. The smallest absolute Gasteiger partial charge is 0.130 e. The Morgan fingerprint density at radius 3 is 2.76 bits per heavy atom. The lowest BCUT2D eigenvalue weighted by molar-refractivity contribution is 0.301. The molecule has 112 valence electrons. The summed E-state index contributed by atoms with van der Waals surface area (Å²) in [5.41, 5.74) is 2.14. The Hall–Kier alpha value is -2.03. The number of benzene rings is 1. The van der Waals surface area contributed by atoms with Gasteiger partial charge in [0.15, 0.2) is 0 Å². The molecule has 3 nitrogen and oxygen atoms in total. The van der Waals surface area contributed by atoms with Gasteiger partial charge < -0.3 is 9.64 Å². The monoisotopic (exact) mass is 284 g/mol. The van der Waals surface area contributed by atoms with Crippen molar-refractivity contribution in [3.05, 3.63) is 54.4 Å². The Labute approximate surface area is 127 Å². The van der Waals surface area contributed by atoms with Crippen molar-refractivity contribution in [1.82, 2.24) is 4.98 Å². The zero-order valence-electron chi connectivity index (χ0n) is 13.0. The molecule has 0 saturated heterocycles. The quantitative estimate of drug-likeness (QED) is 0.676. The molecule has 2 aromatic rings. The molecular weight excluding hydrogens is 260 g/mol. The summed E-state index contributed by atoms with van der Waals surface area (Å²) in [5.74, 6) is 0.889. The van der Waals surface area contributed by atoms with Crippen molar-refractivity contribution in [1.29, 1.82) is 0 Å². The molecule has 0 amide bonds. The minimum Gasteiger partial charge on any atom is -0.487 e. The van der Waals surface area contributed by atoms with Crippen molar-refractivity contribution >= 4 is 5.69 Å². The van der Waals surface area contributed by atoms with Gasteiger partial charge in [0.25, 0.3) is 0 Å². The van der Waals surface area contributed by atoms with E-state index in [1.54, 1.807) is 6.20 Å². The van der Waals surface area contributed by atoms with Crippen LogP contribution in [0.1, 0.15) is 31.9 Å². The molecule has 0 aliphatic heterocycles. The fourth-order valence-electron chi connectivity index (χ4n) is 2.18. The van der Waals surface area contributed by atoms with E-state index >= 15 is 0 Å². The first kappa shape index (κ1) is 15.4. The minimum atomic E-state index is 0.504. The molecule has 1 aromatic carbocycles. The number of nitrogens with zero attached hydrogens (tertiary/aromatic N) is 2. The fourth-order valence-corrected chi connectivity index (χ4v) is 2.18. The Morgan fingerprint density at radius 2 is 2.00 bits per heavy atom. The lowest BCUT2D eigenvalue weighted by Crippen LogP contribution is -2.18. The summed E-state index contributed by atoms with van der Waals surface area (Å²) >= 11 is 0. The number of pyridine rings is 1. The molecule has 0 saturated carbocycles. The fraction of sp³-hybridized carbons (Fsp3) is 0.389. The van der Waals surface area contributed by atoms with Gasteiger partial charge in [0, 0.05) is 31.5 Å². The summed E-state index contributed by atoms with van der Waals surface area (Å²) in [4.78, 5) is 6.55. The maximum Gasteiger partial charge on any atom is 0.130 e. The average molecular weight is 284 g/mol. The van der Waals surface area contributed by atoms with Crippen LogP contribution in [0.2, 0.25) is 0 Å². The van der Waals surface area contributed by atoms with Crippen LogP contribution in [0.5, 0.6) is 5.75 Å². The number of unbranched alkanes of at least 4 members (excludes halogenated alkanes) is 2. The van der Waals surface area contributed by atoms with Crippen LogP contribution in [-0.2, 0) is 6.61 Å². The molecule has 0 fully saturated rings. The van der Waals surface area contributed by atoms with Gasteiger partial charge in [-0.05, 0) is 30.7 Å². The van der Waals surface area contributed by atoms with Crippen LogP contribution in [-0.4, -0.2) is 18.6 Å². The first-order valence-corrected chi connectivity index (χ1v) is 7.63. The van der Waals surface area contributed by atoms with Crippen molar-refractivity contribution in [2.75, 3.05) is 18.5 Å². The lowest BCUT2D eigenvalue weighted by Gasteiger charge is -2.20. The van der Waals surface area contributed by atoms with E-state index in [-0.39, 0.29) is 0 Å². The van der Waals surface area contributed by atoms with Crippen molar-refractivity contribution in [3.8, 4) is 5.75 Å². The Bertz CT molecular complexity index is 528. The third-order valence-electron chi connectivity index (χ3n) is 3.47. The standard InChI is InChI=1S/C18H24N2O/c1-3-4-7-13-20(2)17-10-8-11-18(14-17)21-15-16-9-5-6-12-19-16/h5-6,8-12,14H,3-4,7,13,15H2,1-2H3. The molecule has 1 aromatic heterocycles. The molecule has 0 aliphatic carbocycles. The summed E-state index contributed by atoms with van der Waals surface area (Å²) in [6, 6.07) is 14.1. The number of hydrogen-bond acceptors (Lipinski definition) is 3. The van der Waals surface area contributed by atoms with Gasteiger partial charge in [0.2, 0.25) is 0 Å². The molecule has 3 heteroatoms. The molecule has 0 radical (unpaired) electrons. The van der Waals surface area contributed by atoms with Gasteiger partial charge in [0.05, 0.1) is 5.69 Å². The van der Waals surface area contributed by atoms with Gasteiger partial charge in [-0.15, -0.1) is 0 Å². The van der Waals surface area contributed by atoms with E-state index in [9.17, 15) is 0 Å². The summed E-state index contributed by atoms with van der Waals surface area (Å²) in [6.45, 7) is 3.81. The number of ether oxygens (including phenoxy) is 1. The molecule has 0 N–H and O–H groups in total. The topological polar surface area (TPSA) is 25.4 Å². The van der Waals surface area contributed by atoms with Crippen LogP contribution >= 0.6 is 0 Å². The normalized spacial score (nSPS) is 10.4. The van der Waals surface area contributed by atoms with Crippen LogP contribution in [0.3, 0.4) is 0 Å². The minimum absolute atomic E-state index is 0.504. The van der Waals surface area contributed by atoms with Gasteiger partial charge in [-0.1, -0.05) is 31.9 Å². The average Bonchev–Trinajstić information content (AvgIpc) is 2.54. The van der Waals surface area contributed by atoms with E-state index in [0.717, 1.165) is 18.0 Å². The highest BCUT2D eigenvalue weighted by Gasteiger charge is 2.03. The Balaban J connectivity index is 1.91. The Morgan fingerprint density at radius 1 is 1.10 bits per heavy atom. The highest BCUT2D eigenvalue weighted by molar-refractivity contribution is 5.50. The van der Waals surface area contributed by atoms with Crippen LogP contribution < -0.4 is 9.64 Å². The molecule has 0 bridgehead atoms. The highest BCUT2D eigenvalue weighted by Crippen LogP contribution is 2.21. The van der Waals surface area contributed by atoms with Crippen LogP contribution in [0.15, 0.2) is 48.7 Å². The second kappa shape index (κ2) is 8.30. The van der Waals surface area contributed by atoms with Crippen molar-refractivity contribution in [2.24, 2.45) is 0 Å². The molecule has 0 aliphatic rings. The first-order valence-electron chi connectivity index (χ1n) is 7.63.